The second-order valence-corrected chi connectivity index (χ2v) is 3.18. The Hall–Kier alpha value is -1.13. The fraction of sp³-hybridized carbons (Fsp3) is 0.455. The van der Waals surface area contributed by atoms with E-state index in [1.165, 1.54) is 21.1 Å². The summed E-state index contributed by atoms with van der Waals surface area (Å²) in [6, 6.07) is 5.40. The van der Waals surface area contributed by atoms with E-state index in [1.54, 1.807) is 12.1 Å². The highest BCUT2D eigenvalue weighted by Gasteiger charge is 2.13. The van der Waals surface area contributed by atoms with E-state index in [4.69, 9.17) is 9.57 Å². The predicted octanol–water partition coefficient (Wildman–Crippen LogP) is 2.38. The first kappa shape index (κ1) is 11.9. The molecule has 0 bridgehead atoms. The van der Waals surface area contributed by atoms with Crippen molar-refractivity contribution in [1.29, 1.82) is 0 Å². The lowest BCUT2D eigenvalue weighted by atomic mass is 10.1. The highest BCUT2D eigenvalue weighted by atomic mass is 19.1. The smallest absolute Gasteiger partial charge is 0.129 e. The second-order valence-electron chi connectivity index (χ2n) is 3.18. The Balaban J connectivity index is 2.99. The molecule has 0 radical (unpaired) electrons. The first-order valence-corrected chi connectivity index (χ1v) is 4.76. The first-order chi connectivity index (χ1) is 7.20. The van der Waals surface area contributed by atoms with E-state index in [0.29, 0.717) is 17.9 Å². The minimum atomic E-state index is -1.04. The largest absolute Gasteiger partial charge is 0.496 e. The monoisotopic (exact) mass is 213 g/mol. The lowest BCUT2D eigenvalue weighted by Crippen LogP contribution is -2.12. The number of ether oxygens (including phenoxy) is 1. The van der Waals surface area contributed by atoms with Crippen LogP contribution < -0.4 is 10.2 Å². The highest BCUT2D eigenvalue weighted by Crippen LogP contribution is 2.30. The average molecular weight is 213 g/mol. The Bertz CT molecular complexity index is 315. The number of benzene rings is 1. The van der Waals surface area contributed by atoms with Crippen LogP contribution in [0.1, 0.15) is 24.2 Å². The molecule has 3 nitrogen and oxygen atoms in total. The Morgan fingerprint density at radius 1 is 1.40 bits per heavy atom. The SMILES string of the molecule is CONCc1cccc(C(C)F)c1OC. The summed E-state index contributed by atoms with van der Waals surface area (Å²) in [5, 5.41) is 0. The van der Waals surface area contributed by atoms with E-state index in [-0.39, 0.29) is 0 Å². The number of rotatable bonds is 5. The molecule has 0 saturated carbocycles. The molecule has 1 aromatic carbocycles. The van der Waals surface area contributed by atoms with Crippen LogP contribution in [0, 0.1) is 0 Å². The summed E-state index contributed by atoms with van der Waals surface area (Å²) < 4.78 is 18.5. The fourth-order valence-electron chi connectivity index (χ4n) is 1.46. The molecule has 0 aliphatic carbocycles. The van der Waals surface area contributed by atoms with Crippen molar-refractivity contribution in [2.45, 2.75) is 19.6 Å². The summed E-state index contributed by atoms with van der Waals surface area (Å²) in [6.07, 6.45) is -1.04. The Morgan fingerprint density at radius 3 is 2.67 bits per heavy atom. The number of hydroxylamine groups is 1. The Labute approximate surface area is 89.2 Å². The molecule has 1 atom stereocenters. The molecular formula is C11H16FNO2. The van der Waals surface area contributed by atoms with Crippen LogP contribution in [-0.4, -0.2) is 14.2 Å². The van der Waals surface area contributed by atoms with Gasteiger partial charge < -0.3 is 9.57 Å². The van der Waals surface area contributed by atoms with Gasteiger partial charge in [-0.3, -0.25) is 0 Å². The normalized spacial score (nSPS) is 12.5. The first-order valence-electron chi connectivity index (χ1n) is 4.76. The highest BCUT2D eigenvalue weighted by molar-refractivity contribution is 5.42. The molecule has 4 heteroatoms. The number of hydrogen-bond donors (Lipinski definition) is 1. The third kappa shape index (κ3) is 2.91. The van der Waals surface area contributed by atoms with E-state index in [2.05, 4.69) is 5.48 Å². The number of para-hydroxylation sites is 1. The van der Waals surface area contributed by atoms with Gasteiger partial charge >= 0.3 is 0 Å². The maximum absolute atomic E-state index is 13.3. The molecular weight excluding hydrogens is 197 g/mol. The van der Waals surface area contributed by atoms with Crippen molar-refractivity contribution >= 4 is 0 Å². The third-order valence-electron chi connectivity index (χ3n) is 2.17. The summed E-state index contributed by atoms with van der Waals surface area (Å²) in [5.41, 5.74) is 4.14. The van der Waals surface area contributed by atoms with E-state index in [1.807, 2.05) is 6.07 Å². The average Bonchev–Trinajstić information content (AvgIpc) is 2.25. The van der Waals surface area contributed by atoms with Gasteiger partial charge in [0.15, 0.2) is 0 Å². The van der Waals surface area contributed by atoms with E-state index >= 15 is 0 Å². The molecule has 84 valence electrons. The van der Waals surface area contributed by atoms with Crippen LogP contribution in [0.15, 0.2) is 18.2 Å². The van der Waals surface area contributed by atoms with Crippen molar-refractivity contribution in [2.24, 2.45) is 0 Å². The van der Waals surface area contributed by atoms with Crippen molar-refractivity contribution in [3.05, 3.63) is 29.3 Å². The molecule has 0 saturated heterocycles. The zero-order valence-corrected chi connectivity index (χ0v) is 9.21. The summed E-state index contributed by atoms with van der Waals surface area (Å²) in [5.74, 6) is 0.581. The van der Waals surface area contributed by atoms with Gasteiger partial charge in [-0.25, -0.2) is 4.39 Å². The molecule has 0 aliphatic heterocycles. The second kappa shape index (κ2) is 5.68. The zero-order chi connectivity index (χ0) is 11.3. The quantitative estimate of drug-likeness (QED) is 0.762. The van der Waals surface area contributed by atoms with E-state index in [9.17, 15) is 4.39 Å². The van der Waals surface area contributed by atoms with Crippen molar-refractivity contribution in [1.82, 2.24) is 5.48 Å². The molecule has 0 fully saturated rings. The van der Waals surface area contributed by atoms with Crippen LogP contribution in [0.4, 0.5) is 4.39 Å². The van der Waals surface area contributed by atoms with Crippen LogP contribution >= 0.6 is 0 Å². The minimum absolute atomic E-state index is 0.486. The summed E-state index contributed by atoms with van der Waals surface area (Å²) in [7, 11) is 3.08. The third-order valence-corrected chi connectivity index (χ3v) is 2.17. The standard InChI is InChI=1S/C11H16FNO2/c1-8(12)10-6-4-5-9(7-13-15-3)11(10)14-2/h4-6,8,13H,7H2,1-3H3. The summed E-state index contributed by atoms with van der Waals surface area (Å²) in [4.78, 5) is 4.75. The molecule has 0 aromatic heterocycles. The van der Waals surface area contributed by atoms with Gasteiger partial charge in [0.25, 0.3) is 0 Å². The van der Waals surface area contributed by atoms with Crippen LogP contribution in [-0.2, 0) is 11.4 Å². The molecule has 15 heavy (non-hydrogen) atoms. The minimum Gasteiger partial charge on any atom is -0.496 e. The van der Waals surface area contributed by atoms with E-state index in [0.717, 1.165) is 5.56 Å². The zero-order valence-electron chi connectivity index (χ0n) is 9.21. The topological polar surface area (TPSA) is 30.5 Å². The van der Waals surface area contributed by atoms with Gasteiger partial charge in [0.05, 0.1) is 14.2 Å². The maximum Gasteiger partial charge on any atom is 0.129 e. The predicted molar refractivity (Wildman–Crippen MR) is 56.4 cm³/mol. The molecule has 1 N–H and O–H groups in total. The van der Waals surface area contributed by atoms with Gasteiger partial charge in [-0.2, -0.15) is 5.48 Å². The van der Waals surface area contributed by atoms with Crippen LogP contribution in [0.3, 0.4) is 0 Å². The van der Waals surface area contributed by atoms with Crippen LogP contribution in [0.25, 0.3) is 0 Å². The molecule has 1 rings (SSSR count). The lowest BCUT2D eigenvalue weighted by molar-refractivity contribution is 0.0860. The summed E-state index contributed by atoms with van der Waals surface area (Å²) in [6.45, 7) is 1.98. The fourth-order valence-corrected chi connectivity index (χ4v) is 1.46. The summed E-state index contributed by atoms with van der Waals surface area (Å²) >= 11 is 0. The molecule has 0 aliphatic rings. The van der Waals surface area contributed by atoms with Gasteiger partial charge in [0, 0.05) is 17.7 Å². The molecule has 1 unspecified atom stereocenters. The number of halogens is 1. The number of alkyl halides is 1. The van der Waals surface area contributed by atoms with Crippen LogP contribution in [0.5, 0.6) is 5.75 Å². The van der Waals surface area contributed by atoms with Crippen LogP contribution in [0.2, 0.25) is 0 Å². The van der Waals surface area contributed by atoms with Gasteiger partial charge in [0.2, 0.25) is 0 Å². The number of hydrogen-bond acceptors (Lipinski definition) is 3. The number of methoxy groups -OCH3 is 1. The van der Waals surface area contributed by atoms with E-state index < -0.39 is 6.17 Å². The molecule has 0 spiro atoms. The number of nitrogens with one attached hydrogen (secondary N) is 1. The van der Waals surface area contributed by atoms with Gasteiger partial charge in [-0.05, 0) is 6.92 Å². The Kier molecular flexibility index (Phi) is 4.52. The van der Waals surface area contributed by atoms with Gasteiger partial charge in [-0.1, -0.05) is 18.2 Å². The van der Waals surface area contributed by atoms with Gasteiger partial charge in [0.1, 0.15) is 11.9 Å². The maximum atomic E-state index is 13.3. The Morgan fingerprint density at radius 2 is 2.13 bits per heavy atom. The molecule has 1 aromatic rings. The van der Waals surface area contributed by atoms with Crippen molar-refractivity contribution in [3.63, 3.8) is 0 Å². The lowest BCUT2D eigenvalue weighted by Gasteiger charge is -2.14. The van der Waals surface area contributed by atoms with Gasteiger partial charge in [-0.15, -0.1) is 0 Å². The van der Waals surface area contributed by atoms with Crippen molar-refractivity contribution < 1.29 is 14.0 Å². The van der Waals surface area contributed by atoms with Crippen molar-refractivity contribution in [3.8, 4) is 5.75 Å². The molecule has 0 heterocycles. The van der Waals surface area contributed by atoms with Crippen molar-refractivity contribution in [2.75, 3.05) is 14.2 Å². The molecule has 0 amide bonds.